The van der Waals surface area contributed by atoms with E-state index < -0.39 is 41.7 Å². The molecule has 5 rings (SSSR count). The molecule has 0 unspecified atom stereocenters. The van der Waals surface area contributed by atoms with Crippen LogP contribution in [0, 0.1) is 5.92 Å². The number of rotatable bonds is 10. The number of nitrogens with zero attached hydrogens (tertiary/aromatic N) is 1. The Morgan fingerprint density at radius 2 is 1.44 bits per heavy atom. The molecule has 10 nitrogen and oxygen atoms in total. The highest BCUT2D eigenvalue weighted by atomic mass is 16.6. The average Bonchev–Trinajstić information content (AvgIpc) is 3.57. The monoisotopic (exact) mass is 653 g/mol. The van der Waals surface area contributed by atoms with Crippen LogP contribution in [0.25, 0.3) is 22.0 Å². The van der Waals surface area contributed by atoms with Gasteiger partial charge in [0.15, 0.2) is 0 Å². The third kappa shape index (κ3) is 7.70. The molecule has 10 heteroatoms. The number of para-hydroxylation sites is 1. The smallest absolute Gasteiger partial charge is 0.419 e. The van der Waals surface area contributed by atoms with Crippen molar-refractivity contribution in [1.29, 1.82) is 0 Å². The van der Waals surface area contributed by atoms with E-state index in [4.69, 9.17) is 14.2 Å². The lowest BCUT2D eigenvalue weighted by atomic mass is 9.98. The van der Waals surface area contributed by atoms with E-state index in [9.17, 15) is 19.2 Å². The summed E-state index contributed by atoms with van der Waals surface area (Å²) in [5, 5.41) is 6.23. The van der Waals surface area contributed by atoms with Gasteiger partial charge < -0.3 is 24.8 Å². The predicted molar refractivity (Wildman–Crippen MR) is 183 cm³/mol. The molecule has 0 saturated carbocycles. The van der Waals surface area contributed by atoms with Gasteiger partial charge in [-0.25, -0.2) is 14.4 Å². The Bertz CT molecular complexity index is 1770. The van der Waals surface area contributed by atoms with Crippen molar-refractivity contribution in [2.24, 2.45) is 5.92 Å². The van der Waals surface area contributed by atoms with Gasteiger partial charge in [0.2, 0.25) is 5.91 Å². The zero-order valence-electron chi connectivity index (χ0n) is 28.2. The number of alkyl carbamates (subject to hydrolysis) is 1. The van der Waals surface area contributed by atoms with Crippen LogP contribution in [0.4, 0.5) is 9.59 Å². The zero-order chi connectivity index (χ0) is 34.6. The molecule has 3 aromatic carbocycles. The van der Waals surface area contributed by atoms with E-state index >= 15 is 0 Å². The lowest BCUT2D eigenvalue weighted by molar-refractivity contribution is -0.145. The Kier molecular flexibility index (Phi) is 10.2. The van der Waals surface area contributed by atoms with Crippen molar-refractivity contribution in [1.82, 2.24) is 15.2 Å². The van der Waals surface area contributed by atoms with Gasteiger partial charge in [0.1, 0.15) is 24.3 Å². The fraction of sp³-hybridized carbons (Fsp3) is 0.368. The van der Waals surface area contributed by atoms with Gasteiger partial charge in [0.25, 0.3) is 0 Å². The van der Waals surface area contributed by atoms with Crippen LogP contribution in [0.5, 0.6) is 0 Å². The average molecular weight is 654 g/mol. The van der Waals surface area contributed by atoms with Crippen LogP contribution < -0.4 is 10.6 Å². The second-order valence-corrected chi connectivity index (χ2v) is 13.5. The van der Waals surface area contributed by atoms with Crippen molar-refractivity contribution in [3.63, 3.8) is 0 Å². The molecule has 2 N–H and O–H groups in total. The Balaban J connectivity index is 1.41. The molecule has 2 atom stereocenters. The molecule has 0 saturated heterocycles. The van der Waals surface area contributed by atoms with Crippen LogP contribution in [0.15, 0.2) is 79.0 Å². The maximum atomic E-state index is 13.9. The minimum Gasteiger partial charge on any atom is -0.467 e. The van der Waals surface area contributed by atoms with Crippen LogP contribution >= 0.6 is 0 Å². The zero-order valence-corrected chi connectivity index (χ0v) is 28.2. The van der Waals surface area contributed by atoms with Crippen molar-refractivity contribution < 1.29 is 33.4 Å². The number of hydrogen-bond acceptors (Lipinski definition) is 7. The van der Waals surface area contributed by atoms with Crippen molar-refractivity contribution >= 4 is 35.0 Å². The van der Waals surface area contributed by atoms with Crippen LogP contribution in [-0.2, 0) is 30.2 Å². The van der Waals surface area contributed by atoms with Gasteiger partial charge in [-0.3, -0.25) is 9.36 Å². The SMILES string of the molecule is COC(=O)[C@H](CC(C)C)NC(=O)[C@@H](Cc1cn(C(=O)OC(C)(C)C)c2ccccc12)NC(=O)OCC1c2ccccc2-c2ccccc21. The lowest BCUT2D eigenvalue weighted by Gasteiger charge is -2.23. The predicted octanol–water partition coefficient (Wildman–Crippen LogP) is 6.58. The molecule has 4 aromatic rings. The molecule has 0 fully saturated rings. The van der Waals surface area contributed by atoms with E-state index in [0.29, 0.717) is 22.9 Å². The number of fused-ring (bicyclic) bond motifs is 4. The summed E-state index contributed by atoms with van der Waals surface area (Å²) in [5.74, 6) is -1.26. The number of aromatic nitrogens is 1. The summed E-state index contributed by atoms with van der Waals surface area (Å²) in [4.78, 5) is 53.0. The molecule has 1 aliphatic carbocycles. The molecular weight excluding hydrogens is 610 g/mol. The molecule has 2 amide bonds. The summed E-state index contributed by atoms with van der Waals surface area (Å²) in [6.07, 6.45) is 0.602. The maximum Gasteiger partial charge on any atom is 0.419 e. The van der Waals surface area contributed by atoms with E-state index in [0.717, 1.165) is 22.3 Å². The number of methoxy groups -OCH3 is 1. The lowest BCUT2D eigenvalue weighted by Crippen LogP contribution is -2.53. The second-order valence-electron chi connectivity index (χ2n) is 13.5. The molecular formula is C38H43N3O7. The Morgan fingerprint density at radius 3 is 2.04 bits per heavy atom. The van der Waals surface area contributed by atoms with Gasteiger partial charge >= 0.3 is 18.2 Å². The third-order valence-electron chi connectivity index (χ3n) is 8.27. The highest BCUT2D eigenvalue weighted by Crippen LogP contribution is 2.44. The van der Waals surface area contributed by atoms with Crippen LogP contribution in [0.1, 0.15) is 63.6 Å². The number of carbonyl (C=O) groups excluding carboxylic acids is 4. The summed E-state index contributed by atoms with van der Waals surface area (Å²) in [5.41, 5.74) is 4.80. The number of ether oxygens (including phenoxy) is 3. The first-order valence-corrected chi connectivity index (χ1v) is 16.2. The van der Waals surface area contributed by atoms with Crippen LogP contribution in [0.3, 0.4) is 0 Å². The van der Waals surface area contributed by atoms with Crippen molar-refractivity contribution in [2.75, 3.05) is 13.7 Å². The topological polar surface area (TPSA) is 125 Å². The minimum absolute atomic E-state index is 0.00190. The minimum atomic E-state index is -1.15. The van der Waals surface area contributed by atoms with E-state index in [1.54, 1.807) is 39.1 Å². The fourth-order valence-electron chi connectivity index (χ4n) is 6.19. The summed E-state index contributed by atoms with van der Waals surface area (Å²) >= 11 is 0. The number of amides is 2. The molecule has 0 bridgehead atoms. The van der Waals surface area contributed by atoms with E-state index in [-0.39, 0.29) is 24.9 Å². The first-order valence-electron chi connectivity index (χ1n) is 16.2. The Hall–Kier alpha value is -5.12. The van der Waals surface area contributed by atoms with Crippen molar-refractivity contribution in [3.8, 4) is 11.1 Å². The van der Waals surface area contributed by atoms with Gasteiger partial charge in [0.05, 0.1) is 12.6 Å². The van der Waals surface area contributed by atoms with Gasteiger partial charge in [-0.2, -0.15) is 0 Å². The number of carbonyl (C=O) groups is 4. The number of esters is 1. The van der Waals surface area contributed by atoms with Gasteiger partial charge in [-0.1, -0.05) is 80.6 Å². The van der Waals surface area contributed by atoms with Gasteiger partial charge in [0, 0.05) is 23.9 Å². The molecule has 1 heterocycles. The quantitative estimate of drug-likeness (QED) is 0.146. The molecule has 0 aliphatic heterocycles. The van der Waals surface area contributed by atoms with Gasteiger partial charge in [-0.05, 0) is 67.0 Å². The van der Waals surface area contributed by atoms with Crippen LogP contribution in [0.2, 0.25) is 0 Å². The summed E-state index contributed by atoms with van der Waals surface area (Å²) < 4.78 is 17.8. The molecule has 0 spiro atoms. The molecule has 1 aliphatic rings. The molecule has 0 radical (unpaired) electrons. The van der Waals surface area contributed by atoms with E-state index in [2.05, 4.69) is 22.8 Å². The molecule has 1 aromatic heterocycles. The van der Waals surface area contributed by atoms with Crippen molar-refractivity contribution in [3.05, 3.63) is 95.7 Å². The first-order chi connectivity index (χ1) is 22.9. The summed E-state index contributed by atoms with van der Waals surface area (Å²) in [6.45, 7) is 9.27. The molecule has 48 heavy (non-hydrogen) atoms. The highest BCUT2D eigenvalue weighted by molar-refractivity contribution is 5.94. The Labute approximate surface area is 280 Å². The standard InChI is InChI=1S/C38H43N3O7/c1-23(2)19-32(35(43)46-6)39-34(42)31(20-24-21-41(37(45)48-38(3,4)5)33-18-12-11-13-25(24)33)40-36(44)47-22-30-28-16-9-7-14-26(28)27-15-8-10-17-29(27)30/h7-18,21,23,30-32H,19-20,22H2,1-6H3,(H,39,42)(H,40,44)/t31-,32+/m1/s1. The second kappa shape index (κ2) is 14.3. The van der Waals surface area contributed by atoms with E-state index in [1.807, 2.05) is 62.4 Å². The number of hydrogen-bond donors (Lipinski definition) is 2. The Morgan fingerprint density at radius 1 is 0.833 bits per heavy atom. The highest BCUT2D eigenvalue weighted by Gasteiger charge is 2.32. The van der Waals surface area contributed by atoms with E-state index in [1.165, 1.54) is 11.7 Å². The normalized spacial score (nSPS) is 13.7. The first kappa shape index (κ1) is 34.2. The van der Waals surface area contributed by atoms with Gasteiger partial charge in [-0.15, -0.1) is 0 Å². The number of benzene rings is 3. The third-order valence-corrected chi connectivity index (χ3v) is 8.27. The fourth-order valence-corrected chi connectivity index (χ4v) is 6.19. The largest absolute Gasteiger partial charge is 0.467 e. The maximum absolute atomic E-state index is 13.9. The molecule has 252 valence electrons. The summed E-state index contributed by atoms with van der Waals surface area (Å²) in [6, 6.07) is 21.2. The summed E-state index contributed by atoms with van der Waals surface area (Å²) in [7, 11) is 1.26. The number of nitrogens with one attached hydrogen (secondary N) is 2. The van der Waals surface area contributed by atoms with Crippen molar-refractivity contribution in [2.45, 2.75) is 71.1 Å². The van der Waals surface area contributed by atoms with Crippen LogP contribution in [-0.4, -0.2) is 60.0 Å².